The van der Waals surface area contributed by atoms with Gasteiger partial charge in [0, 0.05) is 23.4 Å². The molecular weight excluding hydrogens is 414 g/mol. The molecule has 0 heterocycles. The van der Waals surface area contributed by atoms with E-state index in [1.54, 1.807) is 48.5 Å². The van der Waals surface area contributed by atoms with Gasteiger partial charge in [-0.2, -0.15) is 0 Å². The Kier molecular flexibility index (Phi) is 8.96. The number of anilines is 2. The van der Waals surface area contributed by atoms with E-state index in [1.165, 1.54) is 0 Å². The van der Waals surface area contributed by atoms with Crippen LogP contribution in [0.3, 0.4) is 0 Å². The zero-order valence-electron chi connectivity index (χ0n) is 18.3. The van der Waals surface area contributed by atoms with E-state index < -0.39 is 5.41 Å². The Hall–Kier alpha value is -2.97. The van der Waals surface area contributed by atoms with Crippen LogP contribution in [0.15, 0.2) is 48.5 Å². The summed E-state index contributed by atoms with van der Waals surface area (Å²) in [5.41, 5.74) is 1.13. The molecule has 2 rings (SSSR count). The van der Waals surface area contributed by atoms with Crippen molar-refractivity contribution in [1.29, 1.82) is 0 Å². The van der Waals surface area contributed by atoms with Gasteiger partial charge in [-0.15, -0.1) is 0 Å². The maximum absolute atomic E-state index is 12.7. The van der Waals surface area contributed by atoms with Crippen LogP contribution in [0.25, 0.3) is 0 Å². The number of carbonyl (C=O) groups excluding carboxylic acids is 2. The molecule has 0 aliphatic rings. The van der Waals surface area contributed by atoms with Gasteiger partial charge in [-0.05, 0) is 49.5 Å². The van der Waals surface area contributed by atoms with E-state index in [0.29, 0.717) is 42.5 Å². The highest BCUT2D eigenvalue weighted by Crippen LogP contribution is 2.20. The van der Waals surface area contributed by atoms with Gasteiger partial charge in [0.25, 0.3) is 5.91 Å². The van der Waals surface area contributed by atoms with Crippen molar-refractivity contribution in [3.05, 3.63) is 54.1 Å². The lowest BCUT2D eigenvalue weighted by molar-refractivity contribution is -0.123. The van der Waals surface area contributed by atoms with E-state index in [1.807, 2.05) is 27.7 Å². The summed E-state index contributed by atoms with van der Waals surface area (Å²) in [5, 5.41) is 8.61. The van der Waals surface area contributed by atoms with Crippen LogP contribution in [0.2, 0.25) is 0 Å². The molecule has 7 nitrogen and oxygen atoms in total. The monoisotopic (exact) mass is 443 g/mol. The number of hydrogen-bond donors (Lipinski definition) is 3. The summed E-state index contributed by atoms with van der Waals surface area (Å²) in [7, 11) is 0. The van der Waals surface area contributed by atoms with Crippen LogP contribution < -0.4 is 20.7 Å². The highest BCUT2D eigenvalue weighted by molar-refractivity contribution is 7.80. The lowest BCUT2D eigenvalue weighted by Gasteiger charge is -2.18. The van der Waals surface area contributed by atoms with E-state index >= 15 is 0 Å². The fraction of sp³-hybridized carbons (Fsp3) is 0.348. The second-order valence-electron chi connectivity index (χ2n) is 7.73. The molecule has 0 aliphatic heterocycles. The number of amides is 2. The van der Waals surface area contributed by atoms with Crippen molar-refractivity contribution >= 4 is 40.5 Å². The van der Waals surface area contributed by atoms with Crippen LogP contribution in [0, 0.1) is 5.41 Å². The summed E-state index contributed by atoms with van der Waals surface area (Å²) in [4.78, 5) is 24.9. The standard InChI is InChI=1S/C23H29N3O4S/c1-5-29-13-14-30-19-12-7-6-11-18(19)20(27)26-22(31)25-17-10-8-9-16(15-17)24-21(28)23(2,3)4/h6-12,15H,5,13-14H2,1-4H3,(H,24,28)(H2,25,26,27,31). The summed E-state index contributed by atoms with van der Waals surface area (Å²) in [6.07, 6.45) is 0. The molecule has 0 aliphatic carbocycles. The molecule has 2 aromatic carbocycles. The fourth-order valence-electron chi connectivity index (χ4n) is 2.46. The summed E-state index contributed by atoms with van der Waals surface area (Å²) < 4.78 is 10.9. The Morgan fingerprint density at radius 3 is 2.32 bits per heavy atom. The molecule has 0 fully saturated rings. The smallest absolute Gasteiger partial charge is 0.261 e. The lowest BCUT2D eigenvalue weighted by Crippen LogP contribution is -2.34. The predicted molar refractivity (Wildman–Crippen MR) is 127 cm³/mol. The number of thiocarbonyl (C=S) groups is 1. The van der Waals surface area contributed by atoms with E-state index in [-0.39, 0.29) is 16.9 Å². The predicted octanol–water partition coefficient (Wildman–Crippen LogP) is 4.21. The Balaban J connectivity index is 1.98. The summed E-state index contributed by atoms with van der Waals surface area (Å²) in [6.45, 7) is 8.81. The fourth-order valence-corrected chi connectivity index (χ4v) is 2.67. The largest absolute Gasteiger partial charge is 0.490 e. The van der Waals surface area contributed by atoms with Gasteiger partial charge < -0.3 is 20.1 Å². The molecule has 31 heavy (non-hydrogen) atoms. The first kappa shape index (κ1) is 24.3. The summed E-state index contributed by atoms with van der Waals surface area (Å²) in [6, 6.07) is 14.0. The van der Waals surface area contributed by atoms with E-state index in [2.05, 4.69) is 16.0 Å². The average Bonchev–Trinajstić information content (AvgIpc) is 2.71. The van der Waals surface area contributed by atoms with Crippen molar-refractivity contribution in [2.75, 3.05) is 30.5 Å². The minimum Gasteiger partial charge on any atom is -0.490 e. The zero-order chi connectivity index (χ0) is 22.9. The van der Waals surface area contributed by atoms with E-state index in [9.17, 15) is 9.59 Å². The molecular formula is C23H29N3O4S. The number of carbonyl (C=O) groups is 2. The minimum absolute atomic E-state index is 0.0959. The third-order valence-electron chi connectivity index (χ3n) is 4.11. The van der Waals surface area contributed by atoms with E-state index in [4.69, 9.17) is 21.7 Å². The molecule has 3 N–H and O–H groups in total. The van der Waals surface area contributed by atoms with Gasteiger partial charge in [0.15, 0.2) is 5.11 Å². The SMILES string of the molecule is CCOCCOc1ccccc1C(=O)NC(=S)Nc1cccc(NC(=O)C(C)(C)C)c1. The molecule has 2 aromatic rings. The van der Waals surface area contributed by atoms with Gasteiger partial charge in [0.05, 0.1) is 12.2 Å². The van der Waals surface area contributed by atoms with Crippen LogP contribution in [0.4, 0.5) is 11.4 Å². The molecule has 166 valence electrons. The molecule has 2 amide bonds. The average molecular weight is 444 g/mol. The Labute approximate surface area is 188 Å². The Bertz CT molecular complexity index is 925. The first-order valence-electron chi connectivity index (χ1n) is 10.0. The third-order valence-corrected chi connectivity index (χ3v) is 4.31. The van der Waals surface area contributed by atoms with Crippen molar-refractivity contribution in [2.45, 2.75) is 27.7 Å². The molecule has 0 radical (unpaired) electrons. The van der Waals surface area contributed by atoms with Gasteiger partial charge in [-0.3, -0.25) is 14.9 Å². The van der Waals surface area contributed by atoms with Gasteiger partial charge >= 0.3 is 0 Å². The number of hydrogen-bond acceptors (Lipinski definition) is 5. The zero-order valence-corrected chi connectivity index (χ0v) is 19.1. The van der Waals surface area contributed by atoms with Crippen molar-refractivity contribution in [2.24, 2.45) is 5.41 Å². The molecule has 0 bridgehead atoms. The van der Waals surface area contributed by atoms with Crippen LogP contribution in [0.1, 0.15) is 38.1 Å². The summed E-state index contributed by atoms with van der Waals surface area (Å²) in [5.74, 6) is -0.0300. The Morgan fingerprint density at radius 1 is 0.968 bits per heavy atom. The number of ether oxygens (including phenoxy) is 2. The van der Waals surface area contributed by atoms with Crippen molar-refractivity contribution in [3.8, 4) is 5.75 Å². The molecule has 0 saturated heterocycles. The normalized spacial score (nSPS) is 10.8. The molecule has 0 unspecified atom stereocenters. The van der Waals surface area contributed by atoms with E-state index in [0.717, 1.165) is 0 Å². The van der Waals surface area contributed by atoms with Crippen LogP contribution >= 0.6 is 12.2 Å². The molecule has 0 aromatic heterocycles. The second kappa shape index (κ2) is 11.4. The van der Waals surface area contributed by atoms with Crippen molar-refractivity contribution in [3.63, 3.8) is 0 Å². The van der Waals surface area contributed by atoms with Crippen molar-refractivity contribution < 1.29 is 19.1 Å². The third kappa shape index (κ3) is 7.99. The number of rotatable bonds is 8. The quantitative estimate of drug-likeness (QED) is 0.418. The minimum atomic E-state index is -0.509. The molecule has 8 heteroatoms. The first-order valence-corrected chi connectivity index (χ1v) is 10.4. The first-order chi connectivity index (χ1) is 14.7. The molecule has 0 spiro atoms. The summed E-state index contributed by atoms with van der Waals surface area (Å²) >= 11 is 5.28. The Morgan fingerprint density at radius 2 is 1.65 bits per heavy atom. The van der Waals surface area contributed by atoms with Gasteiger partial charge in [-0.1, -0.05) is 39.0 Å². The van der Waals surface area contributed by atoms with Crippen molar-refractivity contribution in [1.82, 2.24) is 5.32 Å². The number of nitrogens with one attached hydrogen (secondary N) is 3. The van der Waals surface area contributed by atoms with Crippen LogP contribution in [-0.2, 0) is 9.53 Å². The second-order valence-corrected chi connectivity index (χ2v) is 8.14. The van der Waals surface area contributed by atoms with Crippen LogP contribution in [0.5, 0.6) is 5.75 Å². The molecule has 0 atom stereocenters. The molecule has 0 saturated carbocycles. The van der Waals surface area contributed by atoms with Gasteiger partial charge in [-0.25, -0.2) is 0 Å². The topological polar surface area (TPSA) is 88.7 Å². The highest BCUT2D eigenvalue weighted by Gasteiger charge is 2.21. The van der Waals surface area contributed by atoms with Gasteiger partial charge in [0.2, 0.25) is 5.91 Å². The van der Waals surface area contributed by atoms with Crippen LogP contribution in [-0.4, -0.2) is 36.7 Å². The van der Waals surface area contributed by atoms with Gasteiger partial charge in [0.1, 0.15) is 12.4 Å². The maximum Gasteiger partial charge on any atom is 0.261 e. The maximum atomic E-state index is 12.7. The number of benzene rings is 2. The number of para-hydroxylation sites is 1. The lowest BCUT2D eigenvalue weighted by atomic mass is 9.95. The highest BCUT2D eigenvalue weighted by atomic mass is 32.1.